The maximum atomic E-state index is 12.6. The highest BCUT2D eigenvalue weighted by Gasteiger charge is 2.42. The molecule has 2 aromatic rings. The van der Waals surface area contributed by atoms with Gasteiger partial charge in [-0.05, 0) is 68.5 Å². The van der Waals surface area contributed by atoms with Crippen molar-refractivity contribution in [2.45, 2.75) is 38.3 Å². The van der Waals surface area contributed by atoms with Gasteiger partial charge in [0.1, 0.15) is 0 Å². The van der Waals surface area contributed by atoms with Gasteiger partial charge in [0.2, 0.25) is 5.91 Å². The van der Waals surface area contributed by atoms with Crippen LogP contribution in [0.2, 0.25) is 0 Å². The van der Waals surface area contributed by atoms with Crippen LogP contribution in [-0.4, -0.2) is 41.0 Å². The average Bonchev–Trinajstić information content (AvgIpc) is 2.71. The van der Waals surface area contributed by atoms with Crippen LogP contribution in [0, 0.1) is 12.8 Å². The third-order valence-electron chi connectivity index (χ3n) is 5.95. The second-order valence-corrected chi connectivity index (χ2v) is 7.78. The molecule has 2 unspecified atom stereocenters. The van der Waals surface area contributed by atoms with Gasteiger partial charge >= 0.3 is 0 Å². The van der Waals surface area contributed by atoms with Crippen LogP contribution in [0.3, 0.4) is 0 Å². The summed E-state index contributed by atoms with van der Waals surface area (Å²) >= 11 is 0. The lowest BCUT2D eigenvalue weighted by Gasteiger charge is -2.51. The number of nitrogens with one attached hydrogen (secondary N) is 1. The minimum atomic E-state index is 0.00510. The van der Waals surface area contributed by atoms with E-state index in [0.717, 1.165) is 25.1 Å². The molecule has 3 aliphatic rings. The first-order valence-corrected chi connectivity index (χ1v) is 9.87. The maximum Gasteiger partial charge on any atom is 0.244 e. The number of hydrogen-bond donors (Lipinski definition) is 1. The summed E-state index contributed by atoms with van der Waals surface area (Å²) in [4.78, 5) is 19.4. The normalized spacial score (nSPS) is 27.0. The molecule has 4 heterocycles. The molecular formula is C23H27N3O. The van der Waals surface area contributed by atoms with Gasteiger partial charge in [-0.15, -0.1) is 0 Å². The highest BCUT2D eigenvalue weighted by molar-refractivity contribution is 5.92. The summed E-state index contributed by atoms with van der Waals surface area (Å²) in [6.07, 6.45) is 10.6. The smallest absolute Gasteiger partial charge is 0.244 e. The fourth-order valence-electron chi connectivity index (χ4n) is 4.44. The molecule has 0 radical (unpaired) electrons. The first-order chi connectivity index (χ1) is 13.2. The first-order valence-electron chi connectivity index (χ1n) is 9.87. The number of fused-ring (bicyclic) bond motifs is 3. The van der Waals surface area contributed by atoms with Crippen LogP contribution in [-0.2, 0) is 11.2 Å². The van der Waals surface area contributed by atoms with Crippen molar-refractivity contribution in [2.24, 2.45) is 5.92 Å². The van der Waals surface area contributed by atoms with Gasteiger partial charge in [-0.25, -0.2) is 0 Å². The van der Waals surface area contributed by atoms with Gasteiger partial charge in [0.25, 0.3) is 0 Å². The topological polar surface area (TPSA) is 45.2 Å². The Bertz CT molecular complexity index is 792. The summed E-state index contributed by atoms with van der Waals surface area (Å²) in [6, 6.07) is 12.9. The second kappa shape index (κ2) is 8.05. The highest BCUT2D eigenvalue weighted by atomic mass is 16.1. The van der Waals surface area contributed by atoms with Crippen LogP contribution in [0.5, 0.6) is 0 Å². The highest BCUT2D eigenvalue weighted by Crippen LogP contribution is 2.33. The number of rotatable bonds is 5. The van der Waals surface area contributed by atoms with Gasteiger partial charge in [-0.2, -0.15) is 0 Å². The standard InChI is InChI=1S/C23H27N3O/c1-17-4-6-18(7-5-17)8-9-22(27)25-23-20-10-13-26(14-11-20)21(23)15-19-3-2-12-24-16-19/h2-9,12,16,20-21,23H,10-11,13-15H2,1H3,(H,25,27). The molecule has 4 heteroatoms. The van der Waals surface area contributed by atoms with E-state index in [1.807, 2.05) is 36.7 Å². The van der Waals surface area contributed by atoms with Crippen LogP contribution in [0.25, 0.3) is 6.08 Å². The minimum absolute atomic E-state index is 0.00510. The van der Waals surface area contributed by atoms with Gasteiger partial charge in [0.15, 0.2) is 0 Å². The molecule has 3 saturated heterocycles. The lowest BCUT2D eigenvalue weighted by atomic mass is 9.77. The molecule has 0 aliphatic carbocycles. The summed E-state index contributed by atoms with van der Waals surface area (Å²) < 4.78 is 0. The Morgan fingerprint density at radius 1 is 1.22 bits per heavy atom. The monoisotopic (exact) mass is 361 g/mol. The van der Waals surface area contributed by atoms with E-state index in [1.54, 1.807) is 6.08 Å². The van der Waals surface area contributed by atoms with Crippen molar-refractivity contribution >= 4 is 12.0 Å². The number of carbonyl (C=O) groups is 1. The lowest BCUT2D eigenvalue weighted by molar-refractivity contribution is -0.119. The molecule has 27 heavy (non-hydrogen) atoms. The second-order valence-electron chi connectivity index (χ2n) is 7.78. The van der Waals surface area contributed by atoms with Crippen molar-refractivity contribution in [1.29, 1.82) is 0 Å². The van der Waals surface area contributed by atoms with E-state index >= 15 is 0 Å². The Balaban J connectivity index is 1.44. The van der Waals surface area contributed by atoms with Gasteiger partial charge < -0.3 is 5.32 Å². The molecule has 2 bridgehead atoms. The third-order valence-corrected chi connectivity index (χ3v) is 5.95. The van der Waals surface area contributed by atoms with Gasteiger partial charge in [-0.1, -0.05) is 35.9 Å². The molecule has 1 N–H and O–H groups in total. The van der Waals surface area contributed by atoms with Gasteiger partial charge in [0.05, 0.1) is 0 Å². The maximum absolute atomic E-state index is 12.6. The largest absolute Gasteiger partial charge is 0.348 e. The zero-order valence-corrected chi connectivity index (χ0v) is 15.8. The zero-order chi connectivity index (χ0) is 18.6. The number of pyridine rings is 1. The number of nitrogens with zero attached hydrogens (tertiary/aromatic N) is 2. The molecule has 4 nitrogen and oxygen atoms in total. The van der Waals surface area contributed by atoms with Gasteiger partial charge in [-0.3, -0.25) is 14.7 Å². The Morgan fingerprint density at radius 2 is 2.00 bits per heavy atom. The van der Waals surface area contributed by atoms with E-state index in [9.17, 15) is 4.79 Å². The minimum Gasteiger partial charge on any atom is -0.348 e. The zero-order valence-electron chi connectivity index (χ0n) is 15.8. The molecule has 1 aromatic heterocycles. The predicted octanol–water partition coefficient (Wildman–Crippen LogP) is 3.22. The van der Waals surface area contributed by atoms with Crippen LogP contribution in [0.15, 0.2) is 54.9 Å². The molecule has 0 spiro atoms. The number of amides is 1. The molecule has 1 amide bonds. The molecule has 3 fully saturated rings. The number of aromatic nitrogens is 1. The Morgan fingerprint density at radius 3 is 2.70 bits per heavy atom. The van der Waals surface area contributed by atoms with Crippen molar-refractivity contribution in [1.82, 2.24) is 15.2 Å². The number of benzene rings is 1. The first kappa shape index (κ1) is 17.9. The fourth-order valence-corrected chi connectivity index (χ4v) is 4.44. The quantitative estimate of drug-likeness (QED) is 0.832. The number of piperidine rings is 3. The van der Waals surface area contributed by atoms with Crippen molar-refractivity contribution in [3.8, 4) is 0 Å². The van der Waals surface area contributed by atoms with Crippen molar-refractivity contribution in [3.05, 3.63) is 71.6 Å². The summed E-state index contributed by atoms with van der Waals surface area (Å²) in [5, 5.41) is 3.31. The average molecular weight is 361 g/mol. The summed E-state index contributed by atoms with van der Waals surface area (Å²) in [5.41, 5.74) is 3.52. The Labute approximate surface area is 161 Å². The van der Waals surface area contributed by atoms with E-state index < -0.39 is 0 Å². The third kappa shape index (κ3) is 4.28. The van der Waals surface area contributed by atoms with Crippen LogP contribution < -0.4 is 5.32 Å². The van der Waals surface area contributed by atoms with Crippen molar-refractivity contribution in [2.75, 3.05) is 13.1 Å². The van der Waals surface area contributed by atoms with Crippen LogP contribution in [0.4, 0.5) is 0 Å². The Hall–Kier alpha value is -2.46. The molecule has 5 rings (SSSR count). The van der Waals surface area contributed by atoms with Gasteiger partial charge in [0, 0.05) is 30.6 Å². The molecule has 0 saturated carbocycles. The molecule has 140 valence electrons. The molecule has 3 aliphatic heterocycles. The molecule has 1 aromatic carbocycles. The van der Waals surface area contributed by atoms with E-state index in [4.69, 9.17) is 0 Å². The van der Waals surface area contributed by atoms with Crippen molar-refractivity contribution < 1.29 is 4.79 Å². The van der Waals surface area contributed by atoms with E-state index in [1.165, 1.54) is 24.0 Å². The SMILES string of the molecule is Cc1ccc(C=CC(=O)NC2C3CCN(CC3)C2Cc2cccnc2)cc1. The fraction of sp³-hybridized carbons (Fsp3) is 0.391. The van der Waals surface area contributed by atoms with Crippen LogP contribution >= 0.6 is 0 Å². The predicted molar refractivity (Wildman–Crippen MR) is 108 cm³/mol. The number of carbonyl (C=O) groups excluding carboxylic acids is 1. The van der Waals surface area contributed by atoms with Crippen LogP contribution in [0.1, 0.15) is 29.5 Å². The van der Waals surface area contributed by atoms with E-state index in [0.29, 0.717) is 12.0 Å². The summed E-state index contributed by atoms with van der Waals surface area (Å²) in [7, 11) is 0. The summed E-state index contributed by atoms with van der Waals surface area (Å²) in [6.45, 7) is 4.35. The van der Waals surface area contributed by atoms with Crippen molar-refractivity contribution in [3.63, 3.8) is 0 Å². The molecular weight excluding hydrogens is 334 g/mol. The summed E-state index contributed by atoms with van der Waals surface area (Å²) in [5.74, 6) is 0.582. The lowest BCUT2D eigenvalue weighted by Crippen LogP contribution is -2.64. The van der Waals surface area contributed by atoms with E-state index in [2.05, 4.69) is 40.3 Å². The number of hydrogen-bond acceptors (Lipinski definition) is 3. The Kier molecular flexibility index (Phi) is 5.35. The number of aryl methyl sites for hydroxylation is 1. The van der Waals surface area contributed by atoms with E-state index in [-0.39, 0.29) is 11.9 Å². The molecule has 2 atom stereocenters.